The summed E-state index contributed by atoms with van der Waals surface area (Å²) < 4.78 is 3.27. The second kappa shape index (κ2) is 6.23. The number of rotatable bonds is 6. The van der Waals surface area contributed by atoms with E-state index < -0.39 is 5.97 Å². The van der Waals surface area contributed by atoms with E-state index in [1.54, 1.807) is 27.6 Å². The Morgan fingerprint density at radius 3 is 2.45 bits per heavy atom. The lowest BCUT2D eigenvalue weighted by Gasteiger charge is -2.08. The molecular formula is C15H18N2O3. The maximum Gasteiger partial charge on any atom is 0.328 e. The molecule has 5 nitrogen and oxygen atoms in total. The van der Waals surface area contributed by atoms with Gasteiger partial charge in [-0.1, -0.05) is 31.2 Å². The summed E-state index contributed by atoms with van der Waals surface area (Å²) in [5, 5.41) is 8.91. The first-order chi connectivity index (χ1) is 9.61. The number of carboxylic acid groups (broad SMARTS) is 1. The zero-order valence-corrected chi connectivity index (χ0v) is 11.5. The third kappa shape index (κ3) is 3.17. The summed E-state index contributed by atoms with van der Waals surface area (Å²) in [4.78, 5) is 23.0. The van der Waals surface area contributed by atoms with Crippen molar-refractivity contribution >= 4 is 5.97 Å². The van der Waals surface area contributed by atoms with Gasteiger partial charge < -0.3 is 5.11 Å². The number of carbonyl (C=O) groups is 1. The van der Waals surface area contributed by atoms with E-state index in [4.69, 9.17) is 5.11 Å². The Balaban J connectivity index is 2.26. The van der Waals surface area contributed by atoms with Crippen molar-refractivity contribution in [3.8, 4) is 0 Å². The van der Waals surface area contributed by atoms with Gasteiger partial charge in [-0.25, -0.2) is 4.79 Å². The number of hydrogen-bond acceptors (Lipinski definition) is 2. The SMILES string of the molecule is CCCn1ccn(Cc2ccccc2CC(=O)O)c1=O. The first-order valence-electron chi connectivity index (χ1n) is 6.66. The number of imidazole rings is 1. The van der Waals surface area contributed by atoms with Crippen LogP contribution in [0.2, 0.25) is 0 Å². The maximum atomic E-state index is 12.1. The average molecular weight is 274 g/mol. The molecule has 0 spiro atoms. The van der Waals surface area contributed by atoms with Gasteiger partial charge in [-0.2, -0.15) is 0 Å². The van der Waals surface area contributed by atoms with Crippen molar-refractivity contribution in [3.63, 3.8) is 0 Å². The fraction of sp³-hybridized carbons (Fsp3) is 0.333. The van der Waals surface area contributed by atoms with E-state index in [-0.39, 0.29) is 12.1 Å². The van der Waals surface area contributed by atoms with Gasteiger partial charge in [-0.15, -0.1) is 0 Å². The molecule has 1 N–H and O–H groups in total. The maximum absolute atomic E-state index is 12.1. The van der Waals surface area contributed by atoms with Crippen molar-refractivity contribution in [2.45, 2.75) is 32.9 Å². The Bertz CT molecular complexity index is 655. The van der Waals surface area contributed by atoms with E-state index >= 15 is 0 Å². The normalized spacial score (nSPS) is 10.7. The zero-order valence-electron chi connectivity index (χ0n) is 11.5. The monoisotopic (exact) mass is 274 g/mol. The van der Waals surface area contributed by atoms with Gasteiger partial charge in [0, 0.05) is 18.9 Å². The van der Waals surface area contributed by atoms with Crippen LogP contribution in [0.5, 0.6) is 0 Å². The van der Waals surface area contributed by atoms with Gasteiger partial charge >= 0.3 is 11.7 Å². The zero-order chi connectivity index (χ0) is 14.5. The molecule has 2 rings (SSSR count). The molecule has 0 atom stereocenters. The molecule has 0 unspecified atom stereocenters. The van der Waals surface area contributed by atoms with E-state index in [1.807, 2.05) is 25.1 Å². The van der Waals surface area contributed by atoms with E-state index in [2.05, 4.69) is 0 Å². The van der Waals surface area contributed by atoms with Crippen molar-refractivity contribution in [1.82, 2.24) is 9.13 Å². The minimum Gasteiger partial charge on any atom is -0.481 e. The fourth-order valence-electron chi connectivity index (χ4n) is 2.22. The van der Waals surface area contributed by atoms with Crippen LogP contribution in [-0.4, -0.2) is 20.2 Å². The van der Waals surface area contributed by atoms with Crippen molar-refractivity contribution < 1.29 is 9.90 Å². The fourth-order valence-corrected chi connectivity index (χ4v) is 2.22. The molecule has 106 valence electrons. The molecule has 2 aromatic rings. The number of aliphatic carboxylic acids is 1. The van der Waals surface area contributed by atoms with Crippen molar-refractivity contribution in [2.24, 2.45) is 0 Å². The number of benzene rings is 1. The van der Waals surface area contributed by atoms with Gasteiger partial charge in [-0.3, -0.25) is 13.9 Å². The lowest BCUT2D eigenvalue weighted by atomic mass is 10.0. The molecule has 20 heavy (non-hydrogen) atoms. The highest BCUT2D eigenvalue weighted by molar-refractivity contribution is 5.70. The van der Waals surface area contributed by atoms with Crippen molar-refractivity contribution in [3.05, 3.63) is 58.3 Å². The number of hydrogen-bond donors (Lipinski definition) is 1. The Morgan fingerprint density at radius 1 is 1.15 bits per heavy atom. The summed E-state index contributed by atoms with van der Waals surface area (Å²) in [7, 11) is 0. The molecule has 0 fully saturated rings. The molecule has 5 heteroatoms. The van der Waals surface area contributed by atoms with Gasteiger partial charge in [-0.05, 0) is 17.5 Å². The Morgan fingerprint density at radius 2 is 1.80 bits per heavy atom. The highest BCUT2D eigenvalue weighted by Crippen LogP contribution is 2.11. The topological polar surface area (TPSA) is 64.2 Å². The summed E-state index contributed by atoms with van der Waals surface area (Å²) >= 11 is 0. The van der Waals surface area contributed by atoms with E-state index in [1.165, 1.54) is 0 Å². The van der Waals surface area contributed by atoms with Crippen LogP contribution in [-0.2, 0) is 24.3 Å². The van der Waals surface area contributed by atoms with Gasteiger partial charge in [0.1, 0.15) is 0 Å². The highest BCUT2D eigenvalue weighted by Gasteiger charge is 2.09. The van der Waals surface area contributed by atoms with Crippen LogP contribution in [0.1, 0.15) is 24.5 Å². The molecule has 0 saturated heterocycles. The van der Waals surface area contributed by atoms with Crippen LogP contribution in [0.25, 0.3) is 0 Å². The van der Waals surface area contributed by atoms with Gasteiger partial charge in [0.15, 0.2) is 0 Å². The first kappa shape index (κ1) is 14.1. The number of aromatic nitrogens is 2. The molecule has 0 aliphatic heterocycles. The summed E-state index contributed by atoms with van der Waals surface area (Å²) in [6.07, 6.45) is 4.39. The first-order valence-corrected chi connectivity index (χ1v) is 6.66. The molecule has 1 heterocycles. The molecule has 1 aromatic carbocycles. The minimum atomic E-state index is -0.867. The van der Waals surface area contributed by atoms with Crippen LogP contribution < -0.4 is 5.69 Å². The third-order valence-corrected chi connectivity index (χ3v) is 3.18. The Kier molecular flexibility index (Phi) is 4.40. The molecule has 0 radical (unpaired) electrons. The lowest BCUT2D eigenvalue weighted by molar-refractivity contribution is -0.136. The second-order valence-electron chi connectivity index (χ2n) is 4.74. The predicted octanol–water partition coefficient (Wildman–Crippen LogP) is 1.74. The second-order valence-corrected chi connectivity index (χ2v) is 4.74. The minimum absolute atomic E-state index is 0.0272. The Labute approximate surface area is 117 Å². The van der Waals surface area contributed by atoms with Crippen LogP contribution in [0.4, 0.5) is 0 Å². The standard InChI is InChI=1S/C15H18N2O3/c1-2-7-16-8-9-17(15(16)20)11-13-6-4-3-5-12(13)10-14(18)19/h3-6,8-9H,2,7,10-11H2,1H3,(H,18,19). The number of nitrogens with zero attached hydrogens (tertiary/aromatic N) is 2. The smallest absolute Gasteiger partial charge is 0.328 e. The number of carboxylic acids is 1. The molecule has 0 amide bonds. The number of aryl methyl sites for hydroxylation is 1. The summed E-state index contributed by atoms with van der Waals surface area (Å²) in [5.41, 5.74) is 1.55. The Hall–Kier alpha value is -2.30. The summed E-state index contributed by atoms with van der Waals surface area (Å²) in [5.74, 6) is -0.867. The average Bonchev–Trinajstić information content (AvgIpc) is 2.74. The molecule has 0 aliphatic carbocycles. The van der Waals surface area contributed by atoms with Crippen LogP contribution >= 0.6 is 0 Å². The van der Waals surface area contributed by atoms with E-state index in [0.29, 0.717) is 13.1 Å². The lowest BCUT2D eigenvalue weighted by Crippen LogP contribution is -2.24. The highest BCUT2D eigenvalue weighted by atomic mass is 16.4. The molecule has 0 aliphatic rings. The van der Waals surface area contributed by atoms with E-state index in [0.717, 1.165) is 17.5 Å². The predicted molar refractivity (Wildman–Crippen MR) is 75.9 cm³/mol. The van der Waals surface area contributed by atoms with Crippen molar-refractivity contribution in [1.29, 1.82) is 0 Å². The van der Waals surface area contributed by atoms with E-state index in [9.17, 15) is 9.59 Å². The van der Waals surface area contributed by atoms with Gasteiger partial charge in [0.25, 0.3) is 0 Å². The van der Waals surface area contributed by atoms with Gasteiger partial charge in [0.2, 0.25) is 0 Å². The van der Waals surface area contributed by atoms with Crippen molar-refractivity contribution in [2.75, 3.05) is 0 Å². The molecule has 0 saturated carbocycles. The molecule has 0 bridgehead atoms. The third-order valence-electron chi connectivity index (χ3n) is 3.18. The summed E-state index contributed by atoms with van der Waals surface area (Å²) in [6, 6.07) is 7.32. The van der Waals surface area contributed by atoms with Crippen LogP contribution in [0, 0.1) is 0 Å². The largest absolute Gasteiger partial charge is 0.481 e. The quantitative estimate of drug-likeness (QED) is 0.872. The van der Waals surface area contributed by atoms with Crippen LogP contribution in [0.15, 0.2) is 41.5 Å². The molecule has 1 aromatic heterocycles. The molecular weight excluding hydrogens is 256 g/mol. The summed E-state index contributed by atoms with van der Waals surface area (Å²) in [6.45, 7) is 3.12. The van der Waals surface area contributed by atoms with Crippen LogP contribution in [0.3, 0.4) is 0 Å². The van der Waals surface area contributed by atoms with Gasteiger partial charge in [0.05, 0.1) is 13.0 Å².